The van der Waals surface area contributed by atoms with Crippen LogP contribution in [0.2, 0.25) is 0 Å². The number of halogens is 1. The Hall–Kier alpha value is -0.570. The van der Waals surface area contributed by atoms with E-state index in [0.717, 1.165) is 22.8 Å². The molecule has 0 spiro atoms. The van der Waals surface area contributed by atoms with Crippen LogP contribution >= 0.6 is 15.9 Å². The molecule has 2 rings (SSSR count). The summed E-state index contributed by atoms with van der Waals surface area (Å²) in [4.78, 5) is 6.81. The fourth-order valence-electron chi connectivity index (χ4n) is 1.93. The van der Waals surface area contributed by atoms with Crippen LogP contribution in [0.4, 0.5) is 5.82 Å². The van der Waals surface area contributed by atoms with Crippen LogP contribution in [-0.4, -0.2) is 18.1 Å². The van der Waals surface area contributed by atoms with E-state index in [1.807, 2.05) is 6.20 Å². The van der Waals surface area contributed by atoms with Gasteiger partial charge in [-0.3, -0.25) is 0 Å². The molecule has 1 aromatic rings. The van der Waals surface area contributed by atoms with Crippen molar-refractivity contribution in [3.8, 4) is 0 Å². The summed E-state index contributed by atoms with van der Waals surface area (Å²) in [6.07, 6.45) is 6.08. The molecular formula is C12H17BrN2. The molecule has 0 radical (unpaired) electrons. The van der Waals surface area contributed by atoms with Gasteiger partial charge in [0.15, 0.2) is 0 Å². The van der Waals surface area contributed by atoms with Gasteiger partial charge >= 0.3 is 0 Å². The number of pyridine rings is 1. The van der Waals surface area contributed by atoms with E-state index in [1.165, 1.54) is 25.8 Å². The summed E-state index contributed by atoms with van der Waals surface area (Å²) in [6, 6.07) is 4.15. The first-order valence-electron chi connectivity index (χ1n) is 5.66. The number of nitrogens with zero attached hydrogens (tertiary/aromatic N) is 2. The van der Waals surface area contributed by atoms with E-state index >= 15 is 0 Å². The molecule has 82 valence electrons. The van der Waals surface area contributed by atoms with Crippen LogP contribution < -0.4 is 4.90 Å². The maximum atomic E-state index is 4.44. The third-order valence-corrected chi connectivity index (χ3v) is 3.59. The summed E-state index contributed by atoms with van der Waals surface area (Å²) >= 11 is 3.41. The second-order valence-corrected chi connectivity index (χ2v) is 5.09. The number of hydrogen-bond donors (Lipinski definition) is 0. The first-order valence-corrected chi connectivity index (χ1v) is 6.45. The Morgan fingerprint density at radius 3 is 2.73 bits per heavy atom. The third-order valence-electron chi connectivity index (χ3n) is 3.12. The van der Waals surface area contributed by atoms with E-state index in [1.54, 1.807) is 0 Å². The van der Waals surface area contributed by atoms with Crippen molar-refractivity contribution in [3.05, 3.63) is 22.8 Å². The van der Waals surface area contributed by atoms with Crippen LogP contribution in [-0.2, 0) is 0 Å². The molecule has 0 aliphatic heterocycles. The molecule has 0 N–H and O–H groups in total. The number of hydrogen-bond acceptors (Lipinski definition) is 2. The molecular weight excluding hydrogens is 252 g/mol. The second kappa shape index (κ2) is 4.97. The monoisotopic (exact) mass is 268 g/mol. The average molecular weight is 269 g/mol. The molecule has 1 aliphatic carbocycles. The molecule has 0 atom stereocenters. The molecule has 0 bridgehead atoms. The van der Waals surface area contributed by atoms with Gasteiger partial charge in [0.25, 0.3) is 0 Å². The quantitative estimate of drug-likeness (QED) is 0.832. The van der Waals surface area contributed by atoms with Gasteiger partial charge in [0, 0.05) is 23.8 Å². The predicted molar refractivity (Wildman–Crippen MR) is 67.2 cm³/mol. The van der Waals surface area contributed by atoms with Crippen molar-refractivity contribution in [3.63, 3.8) is 0 Å². The number of aromatic nitrogens is 1. The van der Waals surface area contributed by atoms with Gasteiger partial charge in [-0.25, -0.2) is 4.98 Å². The molecule has 2 nitrogen and oxygen atoms in total. The minimum Gasteiger partial charge on any atom is -0.357 e. The molecule has 1 fully saturated rings. The smallest absolute Gasteiger partial charge is 0.128 e. The standard InChI is InChI=1S/C12H17BrN2/c1-2-15(9-10-4-3-5-10)12-7-6-11(13)8-14-12/h6-8,10H,2-5,9H2,1H3. The van der Waals surface area contributed by atoms with Gasteiger partial charge in [0.2, 0.25) is 0 Å². The summed E-state index contributed by atoms with van der Waals surface area (Å²) in [5.74, 6) is 2.00. The highest BCUT2D eigenvalue weighted by molar-refractivity contribution is 9.10. The van der Waals surface area contributed by atoms with Gasteiger partial charge in [-0.2, -0.15) is 0 Å². The predicted octanol–water partition coefficient (Wildman–Crippen LogP) is 3.47. The average Bonchev–Trinajstić information content (AvgIpc) is 2.19. The van der Waals surface area contributed by atoms with Gasteiger partial charge in [-0.15, -0.1) is 0 Å². The lowest BCUT2D eigenvalue weighted by molar-refractivity contribution is 0.318. The van der Waals surface area contributed by atoms with Crippen LogP contribution in [0.25, 0.3) is 0 Å². The van der Waals surface area contributed by atoms with E-state index < -0.39 is 0 Å². The fraction of sp³-hybridized carbons (Fsp3) is 0.583. The first-order chi connectivity index (χ1) is 7.29. The minimum atomic E-state index is 0.899. The van der Waals surface area contributed by atoms with Crippen molar-refractivity contribution in [1.82, 2.24) is 4.98 Å². The maximum absolute atomic E-state index is 4.44. The molecule has 15 heavy (non-hydrogen) atoms. The SMILES string of the molecule is CCN(CC1CCC1)c1ccc(Br)cn1. The molecule has 1 heterocycles. The van der Waals surface area contributed by atoms with Crippen LogP contribution in [0, 0.1) is 5.92 Å². The Balaban J connectivity index is 2.01. The van der Waals surface area contributed by atoms with Crippen molar-refractivity contribution in [1.29, 1.82) is 0 Å². The molecule has 0 unspecified atom stereocenters. The van der Waals surface area contributed by atoms with Gasteiger partial charge in [-0.05, 0) is 53.7 Å². The number of rotatable bonds is 4. The lowest BCUT2D eigenvalue weighted by Crippen LogP contribution is -2.32. The zero-order valence-corrected chi connectivity index (χ0v) is 10.7. The van der Waals surface area contributed by atoms with Crippen molar-refractivity contribution < 1.29 is 0 Å². The topological polar surface area (TPSA) is 16.1 Å². The molecule has 1 aliphatic rings. The van der Waals surface area contributed by atoms with E-state index in [0.29, 0.717) is 0 Å². The van der Waals surface area contributed by atoms with Crippen LogP contribution in [0.5, 0.6) is 0 Å². The van der Waals surface area contributed by atoms with Gasteiger partial charge < -0.3 is 4.90 Å². The molecule has 3 heteroatoms. The minimum absolute atomic E-state index is 0.899. The van der Waals surface area contributed by atoms with E-state index in [4.69, 9.17) is 0 Å². The van der Waals surface area contributed by atoms with Crippen LogP contribution in [0.3, 0.4) is 0 Å². The summed E-state index contributed by atoms with van der Waals surface area (Å²) in [5.41, 5.74) is 0. The molecule has 1 aromatic heterocycles. The van der Waals surface area contributed by atoms with Gasteiger partial charge in [-0.1, -0.05) is 6.42 Å². The van der Waals surface area contributed by atoms with E-state index in [-0.39, 0.29) is 0 Å². The Labute approximate surface area is 99.8 Å². The molecule has 0 saturated heterocycles. The van der Waals surface area contributed by atoms with Crippen LogP contribution in [0.1, 0.15) is 26.2 Å². The number of anilines is 1. The zero-order chi connectivity index (χ0) is 10.7. The molecule has 0 aromatic carbocycles. The Kier molecular flexibility index (Phi) is 3.62. The highest BCUT2D eigenvalue weighted by atomic mass is 79.9. The maximum Gasteiger partial charge on any atom is 0.128 e. The van der Waals surface area contributed by atoms with Crippen molar-refractivity contribution >= 4 is 21.7 Å². The van der Waals surface area contributed by atoms with Gasteiger partial charge in [0.1, 0.15) is 5.82 Å². The first kappa shape index (κ1) is 10.9. The summed E-state index contributed by atoms with van der Waals surface area (Å²) in [7, 11) is 0. The highest BCUT2D eigenvalue weighted by Crippen LogP contribution is 2.28. The Bertz CT molecular complexity index is 306. The second-order valence-electron chi connectivity index (χ2n) is 4.17. The highest BCUT2D eigenvalue weighted by Gasteiger charge is 2.20. The molecule has 0 amide bonds. The fourth-order valence-corrected chi connectivity index (χ4v) is 2.16. The third kappa shape index (κ3) is 2.71. The Morgan fingerprint density at radius 1 is 1.47 bits per heavy atom. The van der Waals surface area contributed by atoms with E-state index in [2.05, 4.69) is 44.9 Å². The lowest BCUT2D eigenvalue weighted by Gasteiger charge is -2.32. The van der Waals surface area contributed by atoms with Gasteiger partial charge in [0.05, 0.1) is 0 Å². The lowest BCUT2D eigenvalue weighted by atomic mass is 9.85. The zero-order valence-electron chi connectivity index (χ0n) is 9.12. The van der Waals surface area contributed by atoms with Crippen molar-refractivity contribution in [2.75, 3.05) is 18.0 Å². The van der Waals surface area contributed by atoms with E-state index in [9.17, 15) is 0 Å². The normalized spacial score (nSPS) is 16.1. The summed E-state index contributed by atoms with van der Waals surface area (Å²) < 4.78 is 1.05. The van der Waals surface area contributed by atoms with Crippen molar-refractivity contribution in [2.45, 2.75) is 26.2 Å². The summed E-state index contributed by atoms with van der Waals surface area (Å²) in [6.45, 7) is 4.42. The van der Waals surface area contributed by atoms with Crippen molar-refractivity contribution in [2.24, 2.45) is 5.92 Å². The molecule has 1 saturated carbocycles. The Morgan fingerprint density at radius 2 is 2.27 bits per heavy atom. The largest absolute Gasteiger partial charge is 0.357 e. The van der Waals surface area contributed by atoms with Crippen LogP contribution in [0.15, 0.2) is 22.8 Å². The summed E-state index contributed by atoms with van der Waals surface area (Å²) in [5, 5.41) is 0.